The van der Waals surface area contributed by atoms with Crippen molar-refractivity contribution in [3.63, 3.8) is 0 Å². The van der Waals surface area contributed by atoms with E-state index in [9.17, 15) is 10.2 Å². The minimum atomic E-state index is -0.507. The van der Waals surface area contributed by atoms with E-state index in [-0.39, 0.29) is 13.2 Å². The molecule has 2 atom stereocenters. The molecule has 8 heteroatoms. The number of thiocarbonyl (C=S) groups is 1. The van der Waals surface area contributed by atoms with E-state index in [1.165, 1.54) is 161 Å². The van der Waals surface area contributed by atoms with Crippen LogP contribution in [0.2, 0.25) is 0 Å². The van der Waals surface area contributed by atoms with Crippen molar-refractivity contribution in [2.75, 3.05) is 59.3 Å². The first kappa shape index (κ1) is 53.1. The number of aliphatic hydroxyl groups is 2. The van der Waals surface area contributed by atoms with Crippen LogP contribution in [0.3, 0.4) is 0 Å². The van der Waals surface area contributed by atoms with Crippen LogP contribution in [0.1, 0.15) is 194 Å². The highest BCUT2D eigenvalue weighted by atomic mass is 32.1. The highest BCUT2D eigenvalue weighted by Gasteiger charge is 2.26. The summed E-state index contributed by atoms with van der Waals surface area (Å²) < 4.78 is 18.6. The first-order valence-corrected chi connectivity index (χ1v) is 23.4. The van der Waals surface area contributed by atoms with Gasteiger partial charge in [-0.05, 0) is 64.2 Å². The molecular weight excluding hydrogens is 693 g/mol. The summed E-state index contributed by atoms with van der Waals surface area (Å²) in [7, 11) is 0. The fourth-order valence-corrected chi connectivity index (χ4v) is 6.98. The second kappa shape index (κ2) is 44.8. The molecule has 4 N–H and O–H groups in total. The van der Waals surface area contributed by atoms with E-state index in [0.29, 0.717) is 51.1 Å². The summed E-state index contributed by atoms with van der Waals surface area (Å²) in [6.07, 6.45) is 44.4. The quantitative estimate of drug-likeness (QED) is 0.0319. The van der Waals surface area contributed by atoms with Crippen molar-refractivity contribution in [2.45, 2.75) is 206 Å². The summed E-state index contributed by atoms with van der Waals surface area (Å²) in [5.74, 6) is 0. The van der Waals surface area contributed by atoms with Gasteiger partial charge in [0.1, 0.15) is 17.2 Å². The predicted molar refractivity (Wildman–Crippen MR) is 237 cm³/mol. The summed E-state index contributed by atoms with van der Waals surface area (Å²) >= 11 is 5.45. The standard InChI is InChI=1S/C46H90N2O5S/c1-3-5-7-9-11-13-15-17-19-21-23-25-27-29-31-33-40-51-43-44(52-42-37-48(35-38-49)36-39-50)45(46(47)54)53-41-34-32-30-28-26-24-22-20-18-16-14-12-10-8-6-4-2/h17-20,44-45,49-50H,3-16,21-43H2,1-2H3,(H2,47,54)/b19-17-,20-18-. The van der Waals surface area contributed by atoms with Crippen LogP contribution in [0, 0.1) is 0 Å². The SMILES string of the molecule is CCCCCCCC/C=C\CCCCCCCCOCC(OCCN(CCO)CCO)C(OCCCCCCCC/C=C\CCCCCCCC)C(N)=S. The molecule has 0 aliphatic rings. The van der Waals surface area contributed by atoms with Gasteiger partial charge in [-0.1, -0.05) is 166 Å². The summed E-state index contributed by atoms with van der Waals surface area (Å²) in [5, 5.41) is 18.8. The van der Waals surface area contributed by atoms with Crippen molar-refractivity contribution in [3.05, 3.63) is 24.3 Å². The van der Waals surface area contributed by atoms with E-state index in [4.69, 9.17) is 32.2 Å². The van der Waals surface area contributed by atoms with Crippen LogP contribution in [0.5, 0.6) is 0 Å². The Hall–Kier alpha value is -0.870. The van der Waals surface area contributed by atoms with Gasteiger partial charge in [0, 0.05) is 32.8 Å². The predicted octanol–water partition coefficient (Wildman–Crippen LogP) is 11.4. The molecule has 0 aromatic heterocycles. The van der Waals surface area contributed by atoms with E-state index in [1.54, 1.807) is 0 Å². The number of nitrogens with two attached hydrogens (primary N) is 1. The molecule has 0 amide bonds. The third kappa shape index (κ3) is 38.0. The van der Waals surface area contributed by atoms with Crippen molar-refractivity contribution < 1.29 is 24.4 Å². The molecule has 0 saturated carbocycles. The van der Waals surface area contributed by atoms with Crippen LogP contribution < -0.4 is 5.73 Å². The second-order valence-electron chi connectivity index (χ2n) is 15.3. The molecule has 54 heavy (non-hydrogen) atoms. The van der Waals surface area contributed by atoms with Gasteiger partial charge in [0.05, 0.1) is 26.4 Å². The number of aliphatic hydroxyl groups excluding tert-OH is 2. The van der Waals surface area contributed by atoms with E-state index >= 15 is 0 Å². The Kier molecular flexibility index (Phi) is 44.1. The number of unbranched alkanes of at least 4 members (excludes halogenated alkanes) is 24. The monoisotopic (exact) mass is 783 g/mol. The van der Waals surface area contributed by atoms with Gasteiger partial charge in [-0.15, -0.1) is 0 Å². The molecule has 0 rings (SSSR count). The summed E-state index contributed by atoms with van der Waals surface area (Å²) in [5.41, 5.74) is 6.19. The van der Waals surface area contributed by atoms with Crippen molar-refractivity contribution in [1.29, 1.82) is 0 Å². The van der Waals surface area contributed by atoms with Gasteiger partial charge in [-0.3, -0.25) is 4.90 Å². The summed E-state index contributed by atoms with van der Waals surface area (Å²) in [6, 6.07) is 0. The van der Waals surface area contributed by atoms with Gasteiger partial charge in [-0.2, -0.15) is 0 Å². The zero-order valence-corrected chi connectivity index (χ0v) is 36.5. The maximum atomic E-state index is 9.39. The maximum Gasteiger partial charge on any atom is 0.135 e. The zero-order chi connectivity index (χ0) is 39.4. The fourth-order valence-electron chi connectivity index (χ4n) is 6.76. The smallest absolute Gasteiger partial charge is 0.135 e. The molecule has 7 nitrogen and oxygen atoms in total. The van der Waals surface area contributed by atoms with Crippen LogP contribution in [0.4, 0.5) is 0 Å². The normalized spacial score (nSPS) is 13.2. The summed E-state index contributed by atoms with van der Waals surface area (Å²) in [6.45, 7) is 8.27. The summed E-state index contributed by atoms with van der Waals surface area (Å²) in [4.78, 5) is 2.28. The van der Waals surface area contributed by atoms with Gasteiger partial charge in [-0.25, -0.2) is 0 Å². The Morgan fingerprint density at radius 1 is 0.519 bits per heavy atom. The van der Waals surface area contributed by atoms with E-state index in [1.807, 2.05) is 4.90 Å². The molecule has 0 aromatic carbocycles. The highest BCUT2D eigenvalue weighted by Crippen LogP contribution is 2.14. The van der Waals surface area contributed by atoms with Crippen molar-refractivity contribution in [3.8, 4) is 0 Å². The molecule has 0 aromatic rings. The van der Waals surface area contributed by atoms with E-state index in [0.717, 1.165) is 19.3 Å². The molecule has 320 valence electrons. The molecule has 0 spiro atoms. The third-order valence-corrected chi connectivity index (χ3v) is 10.5. The molecule has 2 unspecified atom stereocenters. The molecular formula is C46H90N2O5S. The Balaban J connectivity index is 4.32. The average molecular weight is 783 g/mol. The number of hydrogen-bond acceptors (Lipinski definition) is 7. The molecule has 0 saturated heterocycles. The lowest BCUT2D eigenvalue weighted by molar-refractivity contribution is -0.0845. The van der Waals surface area contributed by atoms with Crippen molar-refractivity contribution >= 4 is 17.2 Å². The molecule has 0 fully saturated rings. The van der Waals surface area contributed by atoms with Crippen LogP contribution in [-0.4, -0.2) is 91.6 Å². The zero-order valence-electron chi connectivity index (χ0n) is 35.7. The van der Waals surface area contributed by atoms with Gasteiger partial charge in [0.25, 0.3) is 0 Å². The molecule has 0 aliphatic carbocycles. The number of nitrogens with zero attached hydrogens (tertiary/aromatic N) is 1. The van der Waals surface area contributed by atoms with Crippen LogP contribution in [0.15, 0.2) is 24.3 Å². The van der Waals surface area contributed by atoms with Gasteiger partial charge >= 0.3 is 0 Å². The third-order valence-electron chi connectivity index (χ3n) is 10.2. The average Bonchev–Trinajstić information content (AvgIpc) is 3.16. The topological polar surface area (TPSA) is 97.4 Å². The second-order valence-corrected chi connectivity index (χ2v) is 15.8. The molecule has 0 heterocycles. The number of hydrogen-bond donors (Lipinski definition) is 3. The number of allylic oxidation sites excluding steroid dienone is 4. The van der Waals surface area contributed by atoms with Crippen LogP contribution in [-0.2, 0) is 14.2 Å². The highest BCUT2D eigenvalue weighted by molar-refractivity contribution is 7.80. The van der Waals surface area contributed by atoms with Crippen LogP contribution in [0.25, 0.3) is 0 Å². The van der Waals surface area contributed by atoms with Gasteiger partial charge in [0.15, 0.2) is 0 Å². The lowest BCUT2D eigenvalue weighted by Gasteiger charge is -2.28. The Morgan fingerprint density at radius 2 is 0.907 bits per heavy atom. The largest absolute Gasteiger partial charge is 0.395 e. The molecule has 0 radical (unpaired) electrons. The first-order chi connectivity index (χ1) is 26.6. The lowest BCUT2D eigenvalue weighted by Crippen LogP contribution is -2.45. The first-order valence-electron chi connectivity index (χ1n) is 22.9. The fraction of sp³-hybridized carbons (Fsp3) is 0.891. The van der Waals surface area contributed by atoms with Gasteiger partial charge < -0.3 is 30.2 Å². The molecule has 0 aliphatic heterocycles. The van der Waals surface area contributed by atoms with Crippen molar-refractivity contribution in [2.24, 2.45) is 5.73 Å². The van der Waals surface area contributed by atoms with Crippen LogP contribution >= 0.6 is 12.2 Å². The Labute approximate surface area is 340 Å². The Morgan fingerprint density at radius 3 is 1.31 bits per heavy atom. The number of rotatable bonds is 45. The van der Waals surface area contributed by atoms with Gasteiger partial charge in [0.2, 0.25) is 0 Å². The lowest BCUT2D eigenvalue weighted by atomic mass is 10.1. The van der Waals surface area contributed by atoms with E-state index in [2.05, 4.69) is 38.2 Å². The minimum Gasteiger partial charge on any atom is -0.395 e. The number of ether oxygens (including phenoxy) is 3. The Bertz CT molecular complexity index is 808. The minimum absolute atomic E-state index is 0.0396. The maximum absolute atomic E-state index is 9.39. The molecule has 0 bridgehead atoms. The van der Waals surface area contributed by atoms with Crippen molar-refractivity contribution in [1.82, 2.24) is 4.90 Å². The van der Waals surface area contributed by atoms with E-state index < -0.39 is 12.2 Å².